The van der Waals surface area contributed by atoms with E-state index in [9.17, 15) is 4.79 Å². The molecule has 0 aliphatic carbocycles. The van der Waals surface area contributed by atoms with E-state index in [2.05, 4.69) is 5.10 Å². The van der Waals surface area contributed by atoms with E-state index in [1.165, 1.54) is 0 Å². The molecule has 2 aromatic rings. The van der Waals surface area contributed by atoms with Gasteiger partial charge < -0.3 is 9.75 Å². The number of fused-ring (bicyclic) bond motifs is 2. The molecule has 1 aliphatic rings. The number of hydrazone groups is 1. The van der Waals surface area contributed by atoms with Crippen molar-refractivity contribution in [1.29, 1.82) is 0 Å². The third kappa shape index (κ3) is 3.12. The maximum absolute atomic E-state index is 12.9. The van der Waals surface area contributed by atoms with Crippen LogP contribution in [0.5, 0.6) is 11.5 Å². The highest BCUT2D eigenvalue weighted by atomic mass is 35.5. The first kappa shape index (κ1) is 15.3. The topological polar surface area (TPSA) is 41.9 Å². The summed E-state index contributed by atoms with van der Waals surface area (Å²) < 4.78 is 5.91. The first-order chi connectivity index (χ1) is 11.1. The maximum atomic E-state index is 12.9. The summed E-state index contributed by atoms with van der Waals surface area (Å²) in [5.74, 6) is 0.990. The summed E-state index contributed by atoms with van der Waals surface area (Å²) in [6.07, 6.45) is 3.29. The third-order valence-corrected chi connectivity index (χ3v) is 3.60. The smallest absolute Gasteiger partial charge is 0.197 e. The van der Waals surface area contributed by atoms with Gasteiger partial charge in [0.05, 0.1) is 5.56 Å². The number of ketones is 1. The van der Waals surface area contributed by atoms with Crippen LogP contribution in [-0.2, 0) is 0 Å². The lowest BCUT2D eigenvalue weighted by Crippen LogP contribution is -2.03. The fourth-order valence-electron chi connectivity index (χ4n) is 2.34. The lowest BCUT2D eigenvalue weighted by molar-refractivity contribution is 0.105. The Bertz CT molecular complexity index is 826. The molecule has 0 amide bonds. The summed E-state index contributed by atoms with van der Waals surface area (Å²) in [6.45, 7) is 0. The number of Topliss-reactive ketones (excluding diaryl/α,β-unsaturated/α-hetero) is 1. The van der Waals surface area contributed by atoms with Crippen molar-refractivity contribution in [3.63, 3.8) is 0 Å². The molecule has 23 heavy (non-hydrogen) atoms. The Labute approximate surface area is 139 Å². The summed E-state index contributed by atoms with van der Waals surface area (Å²) in [6, 6.07) is 12.5. The van der Waals surface area contributed by atoms with Crippen molar-refractivity contribution >= 4 is 29.2 Å². The third-order valence-electron chi connectivity index (χ3n) is 3.37. The Morgan fingerprint density at radius 2 is 1.83 bits per heavy atom. The Morgan fingerprint density at radius 1 is 1.09 bits per heavy atom. The van der Waals surface area contributed by atoms with E-state index in [4.69, 9.17) is 16.3 Å². The van der Waals surface area contributed by atoms with E-state index in [-0.39, 0.29) is 5.78 Å². The quantitative estimate of drug-likeness (QED) is 0.470. The summed E-state index contributed by atoms with van der Waals surface area (Å²) in [7, 11) is 3.63. The van der Waals surface area contributed by atoms with Gasteiger partial charge in [-0.05, 0) is 30.3 Å². The van der Waals surface area contributed by atoms with Crippen LogP contribution in [0.25, 0.3) is 5.57 Å². The summed E-state index contributed by atoms with van der Waals surface area (Å²) in [5.41, 5.74) is 1.69. The minimum absolute atomic E-state index is 0.141. The molecule has 0 spiro atoms. The predicted molar refractivity (Wildman–Crippen MR) is 92.5 cm³/mol. The molecule has 0 radical (unpaired) electrons. The average Bonchev–Trinajstić information content (AvgIpc) is 2.63. The zero-order chi connectivity index (χ0) is 16.4. The highest BCUT2D eigenvalue weighted by Gasteiger charge is 2.25. The molecule has 0 bridgehead atoms. The zero-order valence-electron chi connectivity index (χ0n) is 12.8. The highest BCUT2D eigenvalue weighted by molar-refractivity contribution is 6.35. The first-order valence-corrected chi connectivity index (χ1v) is 7.47. The van der Waals surface area contributed by atoms with Gasteiger partial charge in [0, 0.05) is 36.5 Å². The molecule has 0 saturated carbocycles. The molecule has 0 atom stereocenters. The lowest BCUT2D eigenvalue weighted by atomic mass is 9.96. The molecule has 0 aromatic heterocycles. The van der Waals surface area contributed by atoms with Crippen LogP contribution in [-0.4, -0.2) is 31.1 Å². The molecule has 1 heterocycles. The van der Waals surface area contributed by atoms with Crippen molar-refractivity contribution in [3.8, 4) is 11.5 Å². The molecule has 1 aliphatic heterocycles. The minimum atomic E-state index is -0.141. The van der Waals surface area contributed by atoms with Gasteiger partial charge in [-0.1, -0.05) is 29.8 Å². The predicted octanol–water partition coefficient (Wildman–Crippen LogP) is 4.26. The van der Waals surface area contributed by atoms with Crippen LogP contribution in [0.4, 0.5) is 0 Å². The normalized spacial score (nSPS) is 15.1. The van der Waals surface area contributed by atoms with Crippen molar-refractivity contribution in [2.24, 2.45) is 5.10 Å². The summed E-state index contributed by atoms with van der Waals surface area (Å²) in [4.78, 5) is 12.9. The fraction of sp³-hybridized carbons (Fsp3) is 0.111. The number of hydrogen-bond donors (Lipinski definition) is 0. The van der Waals surface area contributed by atoms with Crippen LogP contribution in [0.1, 0.15) is 15.9 Å². The second-order valence-corrected chi connectivity index (χ2v) is 5.70. The Hall–Kier alpha value is -2.59. The number of carbonyl (C=O) groups is 1. The molecule has 2 aromatic carbocycles. The summed E-state index contributed by atoms with van der Waals surface area (Å²) in [5, 5.41) is 6.29. The van der Waals surface area contributed by atoms with Gasteiger partial charge in [-0.3, -0.25) is 4.79 Å². The standard InChI is InChI=1S/C18H15ClN2O2/c1-21(2)20-10-9-14-13-5-3-4-6-16(13)23-17-8-7-12(19)11-15(17)18(14)22/h3-11H,1-2H3/b14-9+,20-10+. The average molecular weight is 327 g/mol. The molecular formula is C18H15ClN2O2. The van der Waals surface area contributed by atoms with Gasteiger partial charge in [-0.25, -0.2) is 0 Å². The van der Waals surface area contributed by atoms with Crippen molar-refractivity contribution in [2.45, 2.75) is 0 Å². The zero-order valence-corrected chi connectivity index (χ0v) is 13.5. The number of para-hydroxylation sites is 1. The highest BCUT2D eigenvalue weighted by Crippen LogP contribution is 2.39. The Balaban J connectivity index is 2.19. The molecule has 0 saturated heterocycles. The Morgan fingerprint density at radius 3 is 2.61 bits per heavy atom. The van der Waals surface area contributed by atoms with Crippen molar-refractivity contribution in [2.75, 3.05) is 14.1 Å². The van der Waals surface area contributed by atoms with Gasteiger partial charge in [0.2, 0.25) is 0 Å². The second-order valence-electron chi connectivity index (χ2n) is 5.26. The molecule has 0 unspecified atom stereocenters. The number of rotatable bonds is 2. The van der Waals surface area contributed by atoms with Crippen LogP contribution in [0.3, 0.4) is 0 Å². The molecule has 4 nitrogen and oxygen atoms in total. The Kier molecular flexibility index (Phi) is 4.17. The van der Waals surface area contributed by atoms with E-state index >= 15 is 0 Å². The minimum Gasteiger partial charge on any atom is -0.456 e. The van der Waals surface area contributed by atoms with Gasteiger partial charge in [-0.2, -0.15) is 5.10 Å². The monoisotopic (exact) mass is 326 g/mol. The van der Waals surface area contributed by atoms with Gasteiger partial charge in [-0.15, -0.1) is 0 Å². The van der Waals surface area contributed by atoms with Crippen LogP contribution in [0.2, 0.25) is 5.02 Å². The van der Waals surface area contributed by atoms with Gasteiger partial charge in [0.15, 0.2) is 5.78 Å². The number of halogens is 1. The van der Waals surface area contributed by atoms with Gasteiger partial charge in [0.1, 0.15) is 11.5 Å². The molecule has 5 heteroatoms. The van der Waals surface area contributed by atoms with Crippen LogP contribution < -0.4 is 4.74 Å². The van der Waals surface area contributed by atoms with E-state index < -0.39 is 0 Å². The molecule has 116 valence electrons. The maximum Gasteiger partial charge on any atom is 0.197 e. The van der Waals surface area contributed by atoms with Crippen LogP contribution in [0, 0.1) is 0 Å². The van der Waals surface area contributed by atoms with Crippen molar-refractivity contribution in [1.82, 2.24) is 5.01 Å². The molecule has 0 fully saturated rings. The van der Waals surface area contributed by atoms with E-state index in [0.29, 0.717) is 27.7 Å². The fourth-order valence-corrected chi connectivity index (χ4v) is 2.51. The number of nitrogens with zero attached hydrogens (tertiary/aromatic N) is 2. The molecule has 0 N–H and O–H groups in total. The number of allylic oxidation sites excluding steroid dienone is 2. The lowest BCUT2D eigenvalue weighted by Gasteiger charge is -2.07. The largest absolute Gasteiger partial charge is 0.456 e. The number of carbonyl (C=O) groups excluding carboxylic acids is 1. The van der Waals surface area contributed by atoms with Crippen molar-refractivity contribution < 1.29 is 9.53 Å². The number of benzene rings is 2. The van der Waals surface area contributed by atoms with Gasteiger partial charge in [0.25, 0.3) is 0 Å². The molecular weight excluding hydrogens is 312 g/mol. The van der Waals surface area contributed by atoms with Crippen LogP contribution >= 0.6 is 11.6 Å². The second kappa shape index (κ2) is 6.26. The SMILES string of the molecule is CN(C)/N=C/C=C1/C(=O)c2cc(Cl)ccc2Oc2ccccc21. The number of hydrogen-bond acceptors (Lipinski definition) is 4. The van der Waals surface area contributed by atoms with Gasteiger partial charge >= 0.3 is 0 Å². The first-order valence-electron chi connectivity index (χ1n) is 7.09. The van der Waals surface area contributed by atoms with E-state index in [0.717, 1.165) is 5.56 Å². The van der Waals surface area contributed by atoms with E-state index in [1.807, 2.05) is 38.4 Å². The van der Waals surface area contributed by atoms with Crippen molar-refractivity contribution in [3.05, 3.63) is 64.7 Å². The molecule has 3 rings (SSSR count). The van der Waals surface area contributed by atoms with E-state index in [1.54, 1.807) is 35.5 Å². The van der Waals surface area contributed by atoms with Crippen LogP contribution in [0.15, 0.2) is 53.6 Å². The number of ether oxygens (including phenoxy) is 1. The summed E-state index contributed by atoms with van der Waals surface area (Å²) >= 11 is 6.04.